The van der Waals surface area contributed by atoms with Crippen molar-refractivity contribution < 1.29 is 32.3 Å². The van der Waals surface area contributed by atoms with E-state index in [1.165, 1.54) is 31.4 Å². The van der Waals surface area contributed by atoms with Crippen LogP contribution in [0.3, 0.4) is 0 Å². The van der Waals surface area contributed by atoms with E-state index < -0.39 is 12.3 Å². The lowest BCUT2D eigenvalue weighted by molar-refractivity contribution is -0.274. The molecule has 0 heterocycles. The zero-order valence-corrected chi connectivity index (χ0v) is 15.8. The van der Waals surface area contributed by atoms with Crippen molar-refractivity contribution in [2.45, 2.75) is 44.9 Å². The molecule has 0 aromatic heterocycles. The first kappa shape index (κ1) is 20.0. The Hall–Kier alpha value is -2.29. The number of hydrogen-bond acceptors (Lipinski definition) is 4. The van der Waals surface area contributed by atoms with Gasteiger partial charge in [-0.15, -0.1) is 13.2 Å². The number of rotatable bonds is 6. The molecule has 4 fully saturated rings. The zero-order valence-electron chi connectivity index (χ0n) is 15.8. The number of carbonyl (C=O) groups excluding carboxylic acids is 2. The summed E-state index contributed by atoms with van der Waals surface area (Å²) in [7, 11) is 0. The standard InChI is InChI=1S/C20H23F3N2O4/c21-20(22,23)29-16-3-1-15(2-4-16)24-17(26)11-28-25-18(27)19-8-12-5-13(9-19)7-14(6-12)10-19/h1-4,12-14H,5-11H2,(H,24,26)(H,25,27). The average Bonchev–Trinajstić information content (AvgIpc) is 2.61. The Morgan fingerprint density at radius 1 is 1.00 bits per heavy atom. The van der Waals surface area contributed by atoms with Crippen LogP contribution in [0, 0.1) is 23.2 Å². The van der Waals surface area contributed by atoms with E-state index in [1.54, 1.807) is 0 Å². The molecule has 1 aromatic rings. The van der Waals surface area contributed by atoms with Crippen molar-refractivity contribution in [3.05, 3.63) is 24.3 Å². The largest absolute Gasteiger partial charge is 0.573 e. The molecule has 1 aromatic carbocycles. The molecule has 4 aliphatic rings. The number of nitrogens with one attached hydrogen (secondary N) is 2. The number of anilines is 1. The third kappa shape index (κ3) is 4.66. The highest BCUT2D eigenvalue weighted by Crippen LogP contribution is 2.60. The van der Waals surface area contributed by atoms with Crippen LogP contribution in [0.1, 0.15) is 38.5 Å². The quantitative estimate of drug-likeness (QED) is 0.697. The average molecular weight is 412 g/mol. The monoisotopic (exact) mass is 412 g/mol. The van der Waals surface area contributed by atoms with Crippen molar-refractivity contribution in [2.75, 3.05) is 11.9 Å². The fourth-order valence-corrected chi connectivity index (χ4v) is 5.60. The maximum absolute atomic E-state index is 12.7. The maximum Gasteiger partial charge on any atom is 0.573 e. The fraction of sp³-hybridized carbons (Fsp3) is 0.600. The number of hydrogen-bond donors (Lipinski definition) is 2. The highest BCUT2D eigenvalue weighted by molar-refractivity contribution is 5.92. The number of halogens is 3. The van der Waals surface area contributed by atoms with Gasteiger partial charge in [-0.3, -0.25) is 14.4 Å². The van der Waals surface area contributed by atoms with Crippen molar-refractivity contribution >= 4 is 17.5 Å². The van der Waals surface area contributed by atoms with Gasteiger partial charge in [0.1, 0.15) is 5.75 Å². The van der Waals surface area contributed by atoms with Crippen molar-refractivity contribution in [1.29, 1.82) is 0 Å². The van der Waals surface area contributed by atoms with Crippen LogP contribution in [0.25, 0.3) is 0 Å². The molecule has 4 aliphatic carbocycles. The van der Waals surface area contributed by atoms with Crippen molar-refractivity contribution in [1.82, 2.24) is 5.48 Å². The van der Waals surface area contributed by atoms with Gasteiger partial charge in [-0.05, 0) is 80.5 Å². The second-order valence-corrected chi connectivity index (χ2v) is 8.54. The molecule has 4 bridgehead atoms. The topological polar surface area (TPSA) is 76.7 Å². The summed E-state index contributed by atoms with van der Waals surface area (Å²) in [4.78, 5) is 29.8. The van der Waals surface area contributed by atoms with E-state index in [2.05, 4.69) is 15.5 Å². The Morgan fingerprint density at radius 2 is 1.55 bits per heavy atom. The molecule has 2 amide bonds. The Labute approximate surface area is 166 Å². The summed E-state index contributed by atoms with van der Waals surface area (Å²) in [5.41, 5.74) is 2.38. The Bertz CT molecular complexity index is 744. The van der Waals surface area contributed by atoms with E-state index in [4.69, 9.17) is 4.84 Å². The van der Waals surface area contributed by atoms with Gasteiger partial charge in [-0.2, -0.15) is 0 Å². The normalized spacial score (nSPS) is 30.1. The molecule has 0 radical (unpaired) electrons. The van der Waals surface area contributed by atoms with Crippen LogP contribution in [0.2, 0.25) is 0 Å². The number of benzene rings is 1. The summed E-state index contributed by atoms with van der Waals surface area (Å²) in [6.45, 7) is -0.390. The lowest BCUT2D eigenvalue weighted by Gasteiger charge is -2.55. The Kier molecular flexibility index (Phi) is 5.18. The van der Waals surface area contributed by atoms with Gasteiger partial charge in [-0.1, -0.05) is 0 Å². The van der Waals surface area contributed by atoms with Gasteiger partial charge < -0.3 is 10.1 Å². The summed E-state index contributed by atoms with van der Waals surface area (Å²) >= 11 is 0. The minimum atomic E-state index is -4.77. The molecule has 2 N–H and O–H groups in total. The summed E-state index contributed by atoms with van der Waals surface area (Å²) in [5, 5.41) is 2.49. The van der Waals surface area contributed by atoms with Gasteiger partial charge in [0.05, 0.1) is 5.41 Å². The van der Waals surface area contributed by atoms with E-state index >= 15 is 0 Å². The second-order valence-electron chi connectivity index (χ2n) is 8.54. The van der Waals surface area contributed by atoms with Crippen molar-refractivity contribution in [3.8, 4) is 5.75 Å². The van der Waals surface area contributed by atoms with E-state index in [-0.39, 0.29) is 23.7 Å². The van der Waals surface area contributed by atoms with Crippen molar-refractivity contribution in [2.24, 2.45) is 23.2 Å². The second kappa shape index (κ2) is 7.51. The van der Waals surface area contributed by atoms with E-state index in [0.717, 1.165) is 31.4 Å². The van der Waals surface area contributed by atoms with E-state index in [1.807, 2.05) is 0 Å². The van der Waals surface area contributed by atoms with Gasteiger partial charge in [-0.25, -0.2) is 5.48 Å². The van der Waals surface area contributed by atoms with Crippen LogP contribution in [0.4, 0.5) is 18.9 Å². The van der Waals surface area contributed by atoms with Gasteiger partial charge in [0.2, 0.25) is 5.91 Å². The molecule has 0 aliphatic heterocycles. The Balaban J connectivity index is 1.23. The lowest BCUT2D eigenvalue weighted by Crippen LogP contribution is -2.53. The third-order valence-electron chi connectivity index (χ3n) is 6.26. The first-order valence-electron chi connectivity index (χ1n) is 9.79. The predicted octanol–water partition coefficient (Wildman–Crippen LogP) is 3.79. The van der Waals surface area contributed by atoms with Crippen LogP contribution in [-0.4, -0.2) is 24.8 Å². The lowest BCUT2D eigenvalue weighted by atomic mass is 9.49. The first-order chi connectivity index (χ1) is 13.7. The number of ether oxygens (including phenoxy) is 1. The molecule has 4 saturated carbocycles. The van der Waals surface area contributed by atoms with Crippen LogP contribution in [0.5, 0.6) is 5.75 Å². The molecule has 0 spiro atoms. The molecule has 5 rings (SSSR count). The number of amides is 2. The van der Waals surface area contributed by atoms with Crippen LogP contribution in [-0.2, 0) is 14.4 Å². The molecule has 6 nitrogen and oxygen atoms in total. The molecule has 0 atom stereocenters. The maximum atomic E-state index is 12.7. The van der Waals surface area contributed by atoms with Crippen LogP contribution in [0.15, 0.2) is 24.3 Å². The van der Waals surface area contributed by atoms with Crippen molar-refractivity contribution in [3.63, 3.8) is 0 Å². The molecule has 29 heavy (non-hydrogen) atoms. The summed E-state index contributed by atoms with van der Waals surface area (Å²) in [6, 6.07) is 4.76. The summed E-state index contributed by atoms with van der Waals surface area (Å²) in [6.07, 6.45) is 1.59. The molecular weight excluding hydrogens is 389 g/mol. The van der Waals surface area contributed by atoms with Gasteiger partial charge in [0.15, 0.2) is 6.61 Å². The molecule has 9 heteroatoms. The van der Waals surface area contributed by atoms with Gasteiger partial charge >= 0.3 is 6.36 Å². The molecule has 0 saturated heterocycles. The Morgan fingerprint density at radius 3 is 2.07 bits per heavy atom. The molecule has 0 unspecified atom stereocenters. The smallest absolute Gasteiger partial charge is 0.406 e. The number of alkyl halides is 3. The fourth-order valence-electron chi connectivity index (χ4n) is 5.60. The summed E-state index contributed by atoms with van der Waals surface area (Å²) < 4.78 is 40.2. The molecule has 158 valence electrons. The van der Waals surface area contributed by atoms with E-state index in [9.17, 15) is 22.8 Å². The highest BCUT2D eigenvalue weighted by atomic mass is 19.4. The van der Waals surface area contributed by atoms with Gasteiger partial charge in [0, 0.05) is 5.69 Å². The predicted molar refractivity (Wildman–Crippen MR) is 96.5 cm³/mol. The van der Waals surface area contributed by atoms with Crippen LogP contribution < -0.4 is 15.5 Å². The zero-order chi connectivity index (χ0) is 20.6. The van der Waals surface area contributed by atoms with Crippen LogP contribution >= 0.6 is 0 Å². The minimum absolute atomic E-state index is 0.141. The number of hydroxylamine groups is 1. The van der Waals surface area contributed by atoms with E-state index in [0.29, 0.717) is 23.4 Å². The first-order valence-corrected chi connectivity index (χ1v) is 9.79. The number of carbonyl (C=O) groups is 2. The SMILES string of the molecule is O=C(CONC(=O)C12CC3CC(CC(C3)C1)C2)Nc1ccc(OC(F)(F)F)cc1. The highest BCUT2D eigenvalue weighted by Gasteiger charge is 2.54. The van der Waals surface area contributed by atoms with Gasteiger partial charge in [0.25, 0.3) is 5.91 Å². The summed E-state index contributed by atoms with van der Waals surface area (Å²) in [5.74, 6) is 0.826. The minimum Gasteiger partial charge on any atom is -0.406 e. The third-order valence-corrected chi connectivity index (χ3v) is 6.26. The molecular formula is C20H23F3N2O4.